The summed E-state index contributed by atoms with van der Waals surface area (Å²) in [6.07, 6.45) is 1.61. The van der Waals surface area contributed by atoms with Gasteiger partial charge in [-0.2, -0.15) is 0 Å². The summed E-state index contributed by atoms with van der Waals surface area (Å²) in [6, 6.07) is 4.84. The van der Waals surface area contributed by atoms with E-state index in [-0.39, 0.29) is 11.2 Å². The van der Waals surface area contributed by atoms with Crippen molar-refractivity contribution in [2.75, 3.05) is 10.7 Å². The van der Waals surface area contributed by atoms with E-state index in [0.29, 0.717) is 17.0 Å². The van der Waals surface area contributed by atoms with Gasteiger partial charge in [0.05, 0.1) is 0 Å². The molecule has 0 heterocycles. The maximum atomic E-state index is 13.7. The molecule has 0 spiro atoms. The zero-order valence-corrected chi connectivity index (χ0v) is 13.0. The highest BCUT2D eigenvalue weighted by Gasteiger charge is 2.28. The standard InChI is InChI=1S/C12H14Br2ClF/c1-2-12(7-13,8-14)6-9-10(15)4-3-5-11(9)16/h3-5H,2,6-8H2,1H3. The highest BCUT2D eigenvalue weighted by molar-refractivity contribution is 9.09. The lowest BCUT2D eigenvalue weighted by molar-refractivity contribution is 0.367. The second-order valence-corrected chi connectivity index (χ2v) is 5.53. The Morgan fingerprint density at radius 1 is 1.31 bits per heavy atom. The SMILES string of the molecule is CCC(CBr)(CBr)Cc1c(F)cccc1Cl. The van der Waals surface area contributed by atoms with Crippen molar-refractivity contribution in [2.45, 2.75) is 19.8 Å². The highest BCUT2D eigenvalue weighted by atomic mass is 79.9. The van der Waals surface area contributed by atoms with Crippen LogP contribution in [-0.4, -0.2) is 10.7 Å². The van der Waals surface area contributed by atoms with Crippen LogP contribution >= 0.6 is 43.5 Å². The first-order chi connectivity index (χ1) is 7.58. The summed E-state index contributed by atoms with van der Waals surface area (Å²) in [7, 11) is 0. The third-order valence-electron chi connectivity index (χ3n) is 2.93. The van der Waals surface area contributed by atoms with Gasteiger partial charge in [0.25, 0.3) is 0 Å². The minimum absolute atomic E-state index is 0.0197. The number of benzene rings is 1. The number of halogens is 4. The van der Waals surface area contributed by atoms with E-state index in [4.69, 9.17) is 11.6 Å². The molecule has 0 saturated carbocycles. The maximum absolute atomic E-state index is 13.7. The van der Waals surface area contributed by atoms with Crippen LogP contribution in [0.15, 0.2) is 18.2 Å². The molecule has 0 N–H and O–H groups in total. The Balaban J connectivity index is 3.02. The zero-order valence-electron chi connectivity index (χ0n) is 9.07. The van der Waals surface area contributed by atoms with Crippen LogP contribution < -0.4 is 0 Å². The van der Waals surface area contributed by atoms with E-state index in [1.165, 1.54) is 6.07 Å². The van der Waals surface area contributed by atoms with Gasteiger partial charge in [-0.05, 0) is 30.4 Å². The van der Waals surface area contributed by atoms with Crippen LogP contribution in [-0.2, 0) is 6.42 Å². The second-order valence-electron chi connectivity index (χ2n) is 4.00. The fraction of sp³-hybridized carbons (Fsp3) is 0.500. The van der Waals surface area contributed by atoms with Crippen molar-refractivity contribution in [1.29, 1.82) is 0 Å². The third-order valence-corrected chi connectivity index (χ3v) is 5.66. The van der Waals surface area contributed by atoms with Crippen molar-refractivity contribution in [1.82, 2.24) is 0 Å². The van der Waals surface area contributed by atoms with E-state index in [0.717, 1.165) is 17.1 Å². The van der Waals surface area contributed by atoms with Crippen molar-refractivity contribution in [3.05, 3.63) is 34.6 Å². The Labute approximate surface area is 118 Å². The van der Waals surface area contributed by atoms with E-state index >= 15 is 0 Å². The number of rotatable bonds is 5. The molecular formula is C12H14Br2ClF. The lowest BCUT2D eigenvalue weighted by Crippen LogP contribution is -2.27. The van der Waals surface area contributed by atoms with Crippen LogP contribution in [0.2, 0.25) is 5.02 Å². The van der Waals surface area contributed by atoms with E-state index in [1.807, 2.05) is 0 Å². The van der Waals surface area contributed by atoms with E-state index < -0.39 is 0 Å². The maximum Gasteiger partial charge on any atom is 0.127 e. The van der Waals surface area contributed by atoms with Gasteiger partial charge in [0.2, 0.25) is 0 Å². The Kier molecular flexibility index (Phi) is 5.75. The van der Waals surface area contributed by atoms with Crippen LogP contribution in [0, 0.1) is 11.2 Å². The summed E-state index contributed by atoms with van der Waals surface area (Å²) in [5.74, 6) is -0.216. The van der Waals surface area contributed by atoms with Gasteiger partial charge in [-0.25, -0.2) is 4.39 Å². The number of alkyl halides is 2. The zero-order chi connectivity index (χ0) is 12.2. The quantitative estimate of drug-likeness (QED) is 0.623. The summed E-state index contributed by atoms with van der Waals surface area (Å²) >= 11 is 13.0. The van der Waals surface area contributed by atoms with E-state index in [9.17, 15) is 4.39 Å². The Morgan fingerprint density at radius 2 is 1.94 bits per heavy atom. The number of hydrogen-bond donors (Lipinski definition) is 0. The van der Waals surface area contributed by atoms with Gasteiger partial charge in [0, 0.05) is 21.2 Å². The normalized spacial score (nSPS) is 11.8. The minimum atomic E-state index is -0.216. The van der Waals surface area contributed by atoms with Gasteiger partial charge < -0.3 is 0 Å². The first-order valence-electron chi connectivity index (χ1n) is 5.13. The smallest absolute Gasteiger partial charge is 0.127 e. The average molecular weight is 373 g/mol. The van der Waals surface area contributed by atoms with Crippen LogP contribution in [0.25, 0.3) is 0 Å². The van der Waals surface area contributed by atoms with Crippen molar-refractivity contribution in [3.8, 4) is 0 Å². The molecular weight excluding hydrogens is 358 g/mol. The van der Waals surface area contributed by atoms with Crippen molar-refractivity contribution in [3.63, 3.8) is 0 Å². The lowest BCUT2D eigenvalue weighted by atomic mass is 9.83. The summed E-state index contributed by atoms with van der Waals surface area (Å²) in [4.78, 5) is 0. The molecule has 1 aromatic rings. The van der Waals surface area contributed by atoms with Gasteiger partial charge in [0.15, 0.2) is 0 Å². The predicted octanol–water partition coefficient (Wildman–Crippen LogP) is 5.21. The Morgan fingerprint density at radius 3 is 2.38 bits per heavy atom. The molecule has 0 bridgehead atoms. The molecule has 90 valence electrons. The van der Waals surface area contributed by atoms with Crippen LogP contribution in [0.3, 0.4) is 0 Å². The Bertz CT molecular complexity index is 322. The van der Waals surface area contributed by atoms with Gasteiger partial charge in [-0.15, -0.1) is 0 Å². The van der Waals surface area contributed by atoms with Crippen molar-refractivity contribution < 1.29 is 4.39 Å². The van der Waals surface area contributed by atoms with E-state index in [2.05, 4.69) is 38.8 Å². The van der Waals surface area contributed by atoms with Crippen LogP contribution in [0.1, 0.15) is 18.9 Å². The van der Waals surface area contributed by atoms with E-state index in [1.54, 1.807) is 12.1 Å². The van der Waals surface area contributed by atoms with Crippen LogP contribution in [0.5, 0.6) is 0 Å². The fourth-order valence-corrected chi connectivity index (χ4v) is 3.87. The summed E-state index contributed by atoms with van der Waals surface area (Å²) in [5.41, 5.74) is 0.635. The van der Waals surface area contributed by atoms with Gasteiger partial charge in [-0.3, -0.25) is 0 Å². The monoisotopic (exact) mass is 370 g/mol. The molecule has 0 unspecified atom stereocenters. The molecule has 0 nitrogen and oxygen atoms in total. The predicted molar refractivity (Wildman–Crippen MR) is 75.4 cm³/mol. The summed E-state index contributed by atoms with van der Waals surface area (Å²) < 4.78 is 13.7. The lowest BCUT2D eigenvalue weighted by Gasteiger charge is -2.29. The largest absolute Gasteiger partial charge is 0.207 e. The molecule has 0 saturated heterocycles. The van der Waals surface area contributed by atoms with Gasteiger partial charge in [0.1, 0.15) is 5.82 Å². The molecule has 1 rings (SSSR count). The van der Waals surface area contributed by atoms with Crippen molar-refractivity contribution >= 4 is 43.5 Å². The van der Waals surface area contributed by atoms with Crippen LogP contribution in [0.4, 0.5) is 4.39 Å². The molecule has 0 aromatic heterocycles. The molecule has 0 aliphatic rings. The minimum Gasteiger partial charge on any atom is -0.207 e. The second kappa shape index (κ2) is 6.36. The average Bonchev–Trinajstić information content (AvgIpc) is 2.30. The molecule has 0 aliphatic carbocycles. The van der Waals surface area contributed by atoms with Gasteiger partial charge >= 0.3 is 0 Å². The first kappa shape index (κ1) is 14.5. The Hall–Kier alpha value is 0.400. The molecule has 4 heteroatoms. The van der Waals surface area contributed by atoms with Crippen molar-refractivity contribution in [2.24, 2.45) is 5.41 Å². The molecule has 0 aliphatic heterocycles. The molecule has 0 radical (unpaired) electrons. The first-order valence-corrected chi connectivity index (χ1v) is 7.75. The molecule has 0 atom stereocenters. The molecule has 0 amide bonds. The topological polar surface area (TPSA) is 0 Å². The fourth-order valence-electron chi connectivity index (χ4n) is 1.52. The third kappa shape index (κ3) is 3.21. The molecule has 16 heavy (non-hydrogen) atoms. The molecule has 0 fully saturated rings. The summed E-state index contributed by atoms with van der Waals surface area (Å²) in [6.45, 7) is 2.11. The number of hydrogen-bond acceptors (Lipinski definition) is 0. The summed E-state index contributed by atoms with van der Waals surface area (Å²) in [5, 5.41) is 2.17. The highest BCUT2D eigenvalue weighted by Crippen LogP contribution is 2.34. The molecule has 1 aromatic carbocycles. The van der Waals surface area contributed by atoms with Gasteiger partial charge in [-0.1, -0.05) is 56.5 Å².